The molecule has 0 amide bonds. The lowest BCUT2D eigenvalue weighted by atomic mass is 9.87. The highest BCUT2D eigenvalue weighted by Gasteiger charge is 2.27. The summed E-state index contributed by atoms with van der Waals surface area (Å²) < 4.78 is 6.06. The lowest BCUT2D eigenvalue weighted by Crippen LogP contribution is -2.33. The van der Waals surface area contributed by atoms with Crippen molar-refractivity contribution in [2.24, 2.45) is 5.41 Å². The van der Waals surface area contributed by atoms with Gasteiger partial charge in [-0.15, -0.1) is 0 Å². The van der Waals surface area contributed by atoms with Crippen LogP contribution in [0.4, 0.5) is 0 Å². The van der Waals surface area contributed by atoms with Gasteiger partial charge >= 0.3 is 0 Å². The minimum absolute atomic E-state index is 0.0750. The summed E-state index contributed by atoms with van der Waals surface area (Å²) in [6.45, 7) is 4.63. The molecule has 0 aliphatic rings. The fraction of sp³-hybridized carbons (Fsp3) is 0.300. The molecule has 2 aromatic rings. The van der Waals surface area contributed by atoms with Gasteiger partial charge in [0.15, 0.2) is 0 Å². The van der Waals surface area contributed by atoms with E-state index < -0.39 is 0 Å². The van der Waals surface area contributed by atoms with Gasteiger partial charge in [0.05, 0.1) is 19.3 Å². The molecule has 0 saturated heterocycles. The first-order chi connectivity index (χ1) is 10.6. The summed E-state index contributed by atoms with van der Waals surface area (Å²) in [5.41, 5.74) is 1.93. The van der Waals surface area contributed by atoms with Gasteiger partial charge in [0.1, 0.15) is 0 Å². The zero-order valence-corrected chi connectivity index (χ0v) is 13.3. The fourth-order valence-corrected chi connectivity index (χ4v) is 2.15. The second-order valence-corrected chi connectivity index (χ2v) is 6.13. The largest absolute Gasteiger partial charge is 0.396 e. The molecular weight excluding hydrogens is 272 g/mol. The molecular formula is C20H24O2. The summed E-state index contributed by atoms with van der Waals surface area (Å²) in [6.07, 6.45) is 3.93. The molecule has 0 radical (unpaired) electrons. The monoisotopic (exact) mass is 296 g/mol. The molecule has 1 atom stereocenters. The maximum atomic E-state index is 9.64. The van der Waals surface area contributed by atoms with E-state index in [-0.39, 0.29) is 18.1 Å². The number of aliphatic hydroxyl groups excluding tert-OH is 1. The molecule has 0 bridgehead atoms. The first-order valence-corrected chi connectivity index (χ1v) is 7.61. The molecule has 2 nitrogen and oxygen atoms in total. The van der Waals surface area contributed by atoms with Gasteiger partial charge in [-0.3, -0.25) is 0 Å². The standard InChI is InChI=1S/C20H24O2/c1-20(2,16-21)19(14-13-17-9-5-3-6-10-17)22-15-18-11-7-4-8-12-18/h3-14,19,21H,15-16H2,1-2H3/t19-/m0/s1. The van der Waals surface area contributed by atoms with E-state index >= 15 is 0 Å². The normalized spacial score (nSPS) is 13.4. The zero-order valence-electron chi connectivity index (χ0n) is 13.3. The van der Waals surface area contributed by atoms with Crippen molar-refractivity contribution in [2.75, 3.05) is 6.61 Å². The van der Waals surface area contributed by atoms with Crippen LogP contribution in [0, 0.1) is 5.41 Å². The molecule has 1 N–H and O–H groups in total. The molecule has 0 saturated carbocycles. The topological polar surface area (TPSA) is 29.5 Å². The van der Waals surface area contributed by atoms with Crippen molar-refractivity contribution >= 4 is 6.08 Å². The summed E-state index contributed by atoms with van der Waals surface area (Å²) in [5.74, 6) is 0. The number of hydrogen-bond acceptors (Lipinski definition) is 2. The van der Waals surface area contributed by atoms with E-state index in [0.29, 0.717) is 6.61 Å². The van der Waals surface area contributed by atoms with Crippen LogP contribution in [0.5, 0.6) is 0 Å². The third-order valence-electron chi connectivity index (χ3n) is 3.71. The Bertz CT molecular complexity index is 573. The maximum Gasteiger partial charge on any atom is 0.0836 e. The van der Waals surface area contributed by atoms with Crippen LogP contribution < -0.4 is 0 Å². The number of ether oxygens (including phenoxy) is 1. The smallest absolute Gasteiger partial charge is 0.0836 e. The molecule has 0 fully saturated rings. The highest BCUT2D eigenvalue weighted by Crippen LogP contribution is 2.25. The van der Waals surface area contributed by atoms with E-state index in [1.165, 1.54) is 0 Å². The highest BCUT2D eigenvalue weighted by molar-refractivity contribution is 5.49. The molecule has 22 heavy (non-hydrogen) atoms. The molecule has 116 valence electrons. The van der Waals surface area contributed by atoms with Gasteiger partial charge in [0, 0.05) is 5.41 Å². The number of benzene rings is 2. The minimum Gasteiger partial charge on any atom is -0.396 e. The van der Waals surface area contributed by atoms with Gasteiger partial charge in [0.25, 0.3) is 0 Å². The Hall–Kier alpha value is -1.90. The van der Waals surface area contributed by atoms with Crippen LogP contribution in [0.3, 0.4) is 0 Å². The second-order valence-electron chi connectivity index (χ2n) is 6.13. The molecule has 0 aromatic heterocycles. The Morgan fingerprint density at radius 3 is 2.18 bits per heavy atom. The average Bonchev–Trinajstić information content (AvgIpc) is 2.56. The van der Waals surface area contributed by atoms with E-state index in [2.05, 4.69) is 12.1 Å². The predicted molar refractivity (Wildman–Crippen MR) is 91.4 cm³/mol. The van der Waals surface area contributed by atoms with E-state index in [1.807, 2.05) is 74.5 Å². The predicted octanol–water partition coefficient (Wildman–Crippen LogP) is 4.30. The van der Waals surface area contributed by atoms with Crippen molar-refractivity contribution in [1.82, 2.24) is 0 Å². The second kappa shape index (κ2) is 7.92. The van der Waals surface area contributed by atoms with Crippen molar-refractivity contribution in [3.8, 4) is 0 Å². The van der Waals surface area contributed by atoms with Crippen LogP contribution in [0.25, 0.3) is 6.08 Å². The third kappa shape index (κ3) is 4.83. The van der Waals surface area contributed by atoms with E-state index in [1.54, 1.807) is 0 Å². The highest BCUT2D eigenvalue weighted by atomic mass is 16.5. The summed E-state index contributed by atoms with van der Waals surface area (Å²) in [6, 6.07) is 20.2. The molecule has 2 rings (SSSR count). The van der Waals surface area contributed by atoms with Crippen molar-refractivity contribution in [3.05, 3.63) is 77.9 Å². The van der Waals surface area contributed by atoms with Gasteiger partial charge in [-0.1, -0.05) is 86.7 Å². The molecule has 0 aliphatic heterocycles. The van der Waals surface area contributed by atoms with Crippen LogP contribution in [0.15, 0.2) is 66.7 Å². The molecule has 0 unspecified atom stereocenters. The van der Waals surface area contributed by atoms with Crippen molar-refractivity contribution < 1.29 is 9.84 Å². The van der Waals surface area contributed by atoms with Gasteiger partial charge in [-0.25, -0.2) is 0 Å². The van der Waals surface area contributed by atoms with E-state index in [9.17, 15) is 5.11 Å². The van der Waals surface area contributed by atoms with Crippen molar-refractivity contribution in [3.63, 3.8) is 0 Å². The Kier molecular flexibility index (Phi) is 5.93. The maximum absolute atomic E-state index is 9.64. The Balaban J connectivity index is 2.08. The lowest BCUT2D eigenvalue weighted by molar-refractivity contribution is -0.0285. The first-order valence-electron chi connectivity index (χ1n) is 7.61. The van der Waals surface area contributed by atoms with Gasteiger partial charge < -0.3 is 9.84 Å². The van der Waals surface area contributed by atoms with Crippen LogP contribution in [0.1, 0.15) is 25.0 Å². The van der Waals surface area contributed by atoms with Gasteiger partial charge in [0.2, 0.25) is 0 Å². The summed E-state index contributed by atoms with van der Waals surface area (Å²) in [5, 5.41) is 9.64. The summed E-state index contributed by atoms with van der Waals surface area (Å²) >= 11 is 0. The fourth-order valence-electron chi connectivity index (χ4n) is 2.15. The number of rotatable bonds is 7. The van der Waals surface area contributed by atoms with E-state index in [4.69, 9.17) is 4.74 Å². The van der Waals surface area contributed by atoms with Crippen LogP contribution in [-0.2, 0) is 11.3 Å². The van der Waals surface area contributed by atoms with Gasteiger partial charge in [-0.2, -0.15) is 0 Å². The number of hydrogen-bond donors (Lipinski definition) is 1. The van der Waals surface area contributed by atoms with Crippen LogP contribution in [0.2, 0.25) is 0 Å². The Morgan fingerprint density at radius 1 is 1.00 bits per heavy atom. The van der Waals surface area contributed by atoms with Crippen molar-refractivity contribution in [2.45, 2.75) is 26.6 Å². The molecule has 0 heterocycles. The Morgan fingerprint density at radius 2 is 1.59 bits per heavy atom. The van der Waals surface area contributed by atoms with Crippen molar-refractivity contribution in [1.29, 1.82) is 0 Å². The average molecular weight is 296 g/mol. The summed E-state index contributed by atoms with van der Waals surface area (Å²) in [7, 11) is 0. The SMILES string of the molecule is CC(C)(CO)[C@H](C=Cc1ccccc1)OCc1ccccc1. The van der Waals surface area contributed by atoms with Gasteiger partial charge in [-0.05, 0) is 11.1 Å². The first kappa shape index (κ1) is 16.5. The third-order valence-corrected chi connectivity index (χ3v) is 3.71. The molecule has 2 heteroatoms. The lowest BCUT2D eigenvalue weighted by Gasteiger charge is -2.30. The van der Waals surface area contributed by atoms with E-state index in [0.717, 1.165) is 11.1 Å². The molecule has 2 aromatic carbocycles. The number of aliphatic hydroxyl groups is 1. The molecule has 0 spiro atoms. The van der Waals surface area contributed by atoms with Crippen LogP contribution >= 0.6 is 0 Å². The Labute approximate surface area is 133 Å². The zero-order chi connectivity index (χ0) is 15.8. The van der Waals surface area contributed by atoms with Crippen LogP contribution in [-0.4, -0.2) is 17.8 Å². The quantitative estimate of drug-likeness (QED) is 0.825. The molecule has 0 aliphatic carbocycles. The summed E-state index contributed by atoms with van der Waals surface area (Å²) in [4.78, 5) is 0. The minimum atomic E-state index is -0.333.